The van der Waals surface area contributed by atoms with Crippen molar-refractivity contribution in [2.24, 2.45) is 0 Å². The second-order valence-electron chi connectivity index (χ2n) is 5.13. The van der Waals surface area contributed by atoms with Crippen LogP contribution in [-0.4, -0.2) is 21.9 Å². The van der Waals surface area contributed by atoms with Crippen molar-refractivity contribution in [2.75, 3.05) is 5.75 Å². The molecule has 0 spiro atoms. The number of thioether (sulfide) groups is 2. The third-order valence-electron chi connectivity index (χ3n) is 3.20. The third kappa shape index (κ3) is 6.25. The molecule has 3 rings (SSSR count). The monoisotopic (exact) mass is 454 g/mol. The molecule has 3 aromatic rings. The fourth-order valence-electron chi connectivity index (χ4n) is 1.89. The van der Waals surface area contributed by atoms with Gasteiger partial charge in [0.05, 0.1) is 16.3 Å². The molecule has 1 aromatic carbocycles. The topological polar surface area (TPSA) is 66.9 Å². The maximum absolute atomic E-state index is 11.9. The Balaban J connectivity index is 1.40. The Kier molecular flexibility index (Phi) is 7.59. The number of rotatable bonds is 9. The summed E-state index contributed by atoms with van der Waals surface area (Å²) in [6.45, 7) is 3.89. The second-order valence-corrected chi connectivity index (χ2v) is 9.91. The Bertz CT molecular complexity index is 913. The van der Waals surface area contributed by atoms with Crippen molar-refractivity contribution in [3.63, 3.8) is 0 Å². The first-order valence-corrected chi connectivity index (χ1v) is 11.8. The van der Waals surface area contributed by atoms with Crippen LogP contribution in [0.4, 0.5) is 0 Å². The first kappa shape index (κ1) is 20.2. The number of carbonyl (C=O) groups excluding carboxylic acids is 1. The number of thiophene rings is 1. The van der Waals surface area contributed by atoms with Crippen LogP contribution in [0.25, 0.3) is 5.70 Å². The SMILES string of the molecule is C=C(NNC(=O)CSc1nnc(SCc2ccccc2Cl)s1)c1cccs1. The molecule has 1 amide bonds. The molecule has 0 radical (unpaired) electrons. The summed E-state index contributed by atoms with van der Waals surface area (Å²) in [5.41, 5.74) is 7.18. The Morgan fingerprint density at radius 1 is 1.11 bits per heavy atom. The van der Waals surface area contributed by atoms with Gasteiger partial charge in [0.25, 0.3) is 0 Å². The molecule has 2 aromatic heterocycles. The Morgan fingerprint density at radius 2 is 1.89 bits per heavy atom. The van der Waals surface area contributed by atoms with Gasteiger partial charge in [0.2, 0.25) is 5.91 Å². The highest BCUT2D eigenvalue weighted by atomic mass is 35.5. The number of hydrogen-bond acceptors (Lipinski definition) is 8. The normalized spacial score (nSPS) is 10.6. The van der Waals surface area contributed by atoms with E-state index >= 15 is 0 Å². The van der Waals surface area contributed by atoms with Crippen molar-refractivity contribution in [2.45, 2.75) is 14.4 Å². The van der Waals surface area contributed by atoms with Crippen LogP contribution in [0.5, 0.6) is 0 Å². The zero-order chi connectivity index (χ0) is 19.1. The maximum Gasteiger partial charge on any atom is 0.248 e. The molecule has 0 aliphatic rings. The zero-order valence-corrected chi connectivity index (χ0v) is 18.0. The van der Waals surface area contributed by atoms with Crippen LogP contribution in [0.15, 0.2) is 57.0 Å². The number of nitrogens with one attached hydrogen (secondary N) is 2. The molecule has 140 valence electrons. The lowest BCUT2D eigenvalue weighted by Crippen LogP contribution is -2.36. The first-order valence-electron chi connectivity index (χ1n) is 7.72. The predicted octanol–water partition coefficient (Wildman–Crippen LogP) is 4.93. The largest absolute Gasteiger partial charge is 0.298 e. The van der Waals surface area contributed by atoms with E-state index < -0.39 is 0 Å². The molecule has 0 fully saturated rings. The predicted molar refractivity (Wildman–Crippen MR) is 116 cm³/mol. The van der Waals surface area contributed by atoms with Crippen LogP contribution < -0.4 is 10.9 Å². The van der Waals surface area contributed by atoms with Gasteiger partial charge in [-0.25, -0.2) is 0 Å². The van der Waals surface area contributed by atoms with E-state index in [4.69, 9.17) is 11.6 Å². The molecular weight excluding hydrogens is 440 g/mol. The van der Waals surface area contributed by atoms with Gasteiger partial charge < -0.3 is 0 Å². The molecule has 0 saturated carbocycles. The summed E-state index contributed by atoms with van der Waals surface area (Å²) < 4.78 is 1.60. The molecule has 2 N–H and O–H groups in total. The van der Waals surface area contributed by atoms with Crippen LogP contribution >= 0.6 is 57.8 Å². The minimum absolute atomic E-state index is 0.154. The van der Waals surface area contributed by atoms with Gasteiger partial charge in [-0.05, 0) is 23.1 Å². The molecule has 27 heavy (non-hydrogen) atoms. The number of amides is 1. The lowest BCUT2D eigenvalue weighted by molar-refractivity contribution is -0.119. The molecular formula is C17H15ClN4OS4. The van der Waals surface area contributed by atoms with Crippen molar-refractivity contribution in [3.05, 3.63) is 63.8 Å². The number of hydrazine groups is 1. The third-order valence-corrected chi connectivity index (χ3v) is 7.73. The number of halogens is 1. The summed E-state index contributed by atoms with van der Waals surface area (Å²) in [7, 11) is 0. The molecule has 2 heterocycles. The smallest absolute Gasteiger partial charge is 0.248 e. The van der Waals surface area contributed by atoms with Gasteiger partial charge in [-0.3, -0.25) is 15.6 Å². The van der Waals surface area contributed by atoms with Gasteiger partial charge in [-0.1, -0.05) is 77.3 Å². The fourth-order valence-corrected chi connectivity index (χ4v) is 5.65. The lowest BCUT2D eigenvalue weighted by Gasteiger charge is -2.08. The average Bonchev–Trinajstić information content (AvgIpc) is 3.36. The van der Waals surface area contributed by atoms with E-state index in [0.29, 0.717) is 5.70 Å². The Hall–Kier alpha value is -1.52. The number of nitrogens with zero attached hydrogens (tertiary/aromatic N) is 2. The number of carbonyl (C=O) groups is 1. The summed E-state index contributed by atoms with van der Waals surface area (Å²) in [6.07, 6.45) is 0. The van der Waals surface area contributed by atoms with E-state index in [9.17, 15) is 4.79 Å². The molecule has 0 aliphatic carbocycles. The quantitative estimate of drug-likeness (QED) is 0.353. The second kappa shape index (κ2) is 10.1. The molecule has 5 nitrogen and oxygen atoms in total. The van der Waals surface area contributed by atoms with E-state index in [2.05, 4.69) is 27.6 Å². The number of hydrogen-bond donors (Lipinski definition) is 2. The van der Waals surface area contributed by atoms with E-state index in [1.165, 1.54) is 23.1 Å². The molecule has 0 saturated heterocycles. The van der Waals surface area contributed by atoms with Gasteiger partial charge in [0.1, 0.15) is 0 Å². The maximum atomic E-state index is 11.9. The molecule has 0 bridgehead atoms. The van der Waals surface area contributed by atoms with Crippen molar-refractivity contribution in [3.8, 4) is 0 Å². The van der Waals surface area contributed by atoms with Gasteiger partial charge in [0.15, 0.2) is 8.68 Å². The number of aromatic nitrogens is 2. The van der Waals surface area contributed by atoms with Crippen molar-refractivity contribution < 1.29 is 4.79 Å². The summed E-state index contributed by atoms with van der Waals surface area (Å²) >= 11 is 12.1. The van der Waals surface area contributed by atoms with E-state index in [-0.39, 0.29) is 11.7 Å². The zero-order valence-electron chi connectivity index (χ0n) is 14.0. The molecule has 0 unspecified atom stereocenters. The highest BCUT2D eigenvalue weighted by Gasteiger charge is 2.10. The van der Waals surface area contributed by atoms with E-state index in [0.717, 1.165) is 29.9 Å². The average molecular weight is 455 g/mol. The molecule has 10 heteroatoms. The van der Waals surface area contributed by atoms with Crippen LogP contribution in [-0.2, 0) is 10.5 Å². The first-order chi connectivity index (χ1) is 13.1. The lowest BCUT2D eigenvalue weighted by atomic mass is 10.2. The van der Waals surface area contributed by atoms with Crippen LogP contribution in [0.1, 0.15) is 10.4 Å². The highest BCUT2D eigenvalue weighted by molar-refractivity contribution is 8.03. The van der Waals surface area contributed by atoms with E-state index in [1.807, 2.05) is 41.8 Å². The van der Waals surface area contributed by atoms with Gasteiger partial charge >= 0.3 is 0 Å². The van der Waals surface area contributed by atoms with Gasteiger partial charge in [0, 0.05) is 10.8 Å². The molecule has 0 atom stereocenters. The summed E-state index contributed by atoms with van der Waals surface area (Å²) in [5, 5.41) is 11.0. The van der Waals surface area contributed by atoms with E-state index in [1.54, 1.807) is 23.1 Å². The highest BCUT2D eigenvalue weighted by Crippen LogP contribution is 2.32. The Labute approximate surface area is 178 Å². The van der Waals surface area contributed by atoms with Crippen molar-refractivity contribution >= 4 is 69.4 Å². The minimum atomic E-state index is -0.154. The van der Waals surface area contributed by atoms with Gasteiger partial charge in [-0.15, -0.1) is 21.5 Å². The Morgan fingerprint density at radius 3 is 2.63 bits per heavy atom. The van der Waals surface area contributed by atoms with Gasteiger partial charge in [-0.2, -0.15) is 0 Å². The number of benzene rings is 1. The summed E-state index contributed by atoms with van der Waals surface area (Å²) in [4.78, 5) is 12.9. The van der Waals surface area contributed by atoms with Crippen molar-refractivity contribution in [1.82, 2.24) is 21.0 Å². The van der Waals surface area contributed by atoms with Crippen LogP contribution in [0.3, 0.4) is 0 Å². The minimum Gasteiger partial charge on any atom is -0.298 e. The fraction of sp³-hybridized carbons (Fsp3) is 0.118. The summed E-state index contributed by atoms with van der Waals surface area (Å²) in [6, 6.07) is 11.6. The standard InChI is InChI=1S/C17H15ClN4OS4/c1-11(14-7-4-8-24-14)19-20-15(23)10-26-17-22-21-16(27-17)25-9-12-5-2-3-6-13(12)18/h2-8,19H,1,9-10H2,(H,20,23). The summed E-state index contributed by atoms with van der Waals surface area (Å²) in [5.74, 6) is 0.820. The van der Waals surface area contributed by atoms with Crippen molar-refractivity contribution in [1.29, 1.82) is 0 Å². The van der Waals surface area contributed by atoms with Crippen LogP contribution in [0, 0.1) is 0 Å². The van der Waals surface area contributed by atoms with Crippen LogP contribution in [0.2, 0.25) is 5.02 Å². The molecule has 0 aliphatic heterocycles.